The van der Waals surface area contributed by atoms with Crippen molar-refractivity contribution in [1.82, 2.24) is 10.1 Å². The molecule has 0 amide bonds. The monoisotopic (exact) mass is 366 g/mol. The first kappa shape index (κ1) is 16.6. The molecular weight excluding hydrogens is 348 g/mol. The Morgan fingerprint density at radius 1 is 1.12 bits per heavy atom. The Morgan fingerprint density at radius 3 is 2.84 bits per heavy atom. The zero-order valence-corrected chi connectivity index (χ0v) is 14.5. The quantitative estimate of drug-likeness (QED) is 0.822. The number of ether oxygens (including phenoxy) is 4. The lowest BCUT2D eigenvalue weighted by Gasteiger charge is -2.21. The van der Waals surface area contributed by atoms with Crippen molar-refractivity contribution < 1.29 is 23.5 Å². The Balaban J connectivity index is 1.48. The van der Waals surface area contributed by atoms with Gasteiger partial charge in [-0.2, -0.15) is 4.98 Å². The van der Waals surface area contributed by atoms with Gasteiger partial charge in [0.25, 0.3) is 5.89 Å². The molecule has 8 heteroatoms. The number of halogens is 1. The first-order valence-electron chi connectivity index (χ1n) is 8.41. The molecule has 3 heterocycles. The summed E-state index contributed by atoms with van der Waals surface area (Å²) in [6.07, 6.45) is 2.77. The molecule has 0 aliphatic carbocycles. The van der Waals surface area contributed by atoms with Crippen LogP contribution in [0.2, 0.25) is 5.02 Å². The third-order valence-corrected chi connectivity index (χ3v) is 4.42. The number of hydrogen-bond donors (Lipinski definition) is 0. The molecule has 0 N–H and O–H groups in total. The lowest BCUT2D eigenvalue weighted by Crippen LogP contribution is -2.23. The molecule has 4 rings (SSSR count). The molecule has 1 aromatic carbocycles. The molecule has 2 aliphatic rings. The zero-order chi connectivity index (χ0) is 17.1. The largest absolute Gasteiger partial charge is 0.489 e. The minimum Gasteiger partial charge on any atom is -0.489 e. The van der Waals surface area contributed by atoms with Gasteiger partial charge in [0.05, 0.1) is 24.3 Å². The van der Waals surface area contributed by atoms with E-state index in [1.54, 1.807) is 6.07 Å². The maximum absolute atomic E-state index is 6.31. The number of fused-ring (bicyclic) bond motifs is 1. The first-order valence-corrected chi connectivity index (χ1v) is 8.79. The number of benzene rings is 1. The average Bonchev–Trinajstić information content (AvgIpc) is 2.98. The van der Waals surface area contributed by atoms with Crippen LogP contribution in [-0.4, -0.2) is 42.7 Å². The molecular formula is C17H19ClN2O5. The fourth-order valence-corrected chi connectivity index (χ4v) is 3.09. The SMILES string of the molecule is Clc1cc(-c2noc(COC3CCOCC3)n2)cc2c1OCCCO2. The van der Waals surface area contributed by atoms with Crippen LogP contribution in [0.1, 0.15) is 25.2 Å². The van der Waals surface area contributed by atoms with E-state index in [4.69, 9.17) is 35.1 Å². The molecule has 2 aromatic rings. The molecule has 0 saturated carbocycles. The van der Waals surface area contributed by atoms with Gasteiger partial charge in [0.15, 0.2) is 11.5 Å². The topological polar surface area (TPSA) is 75.8 Å². The lowest BCUT2D eigenvalue weighted by atomic mass is 10.1. The van der Waals surface area contributed by atoms with Crippen LogP contribution in [0.5, 0.6) is 11.5 Å². The van der Waals surface area contributed by atoms with Crippen LogP contribution >= 0.6 is 11.6 Å². The summed E-state index contributed by atoms with van der Waals surface area (Å²) in [5.74, 6) is 2.05. The number of hydrogen-bond acceptors (Lipinski definition) is 7. The smallest absolute Gasteiger partial charge is 0.252 e. The first-order chi connectivity index (χ1) is 12.3. The normalized spacial score (nSPS) is 18.1. The van der Waals surface area contributed by atoms with E-state index >= 15 is 0 Å². The Labute approximate surface area is 150 Å². The predicted octanol–water partition coefficient (Wildman–Crippen LogP) is 3.25. The molecule has 2 aliphatic heterocycles. The second-order valence-corrected chi connectivity index (χ2v) is 6.38. The molecule has 134 valence electrons. The van der Waals surface area contributed by atoms with Gasteiger partial charge < -0.3 is 23.5 Å². The minimum atomic E-state index is 0.177. The van der Waals surface area contributed by atoms with Crippen LogP contribution in [0, 0.1) is 0 Å². The Bertz CT molecular complexity index is 730. The maximum atomic E-state index is 6.31. The molecule has 0 unspecified atom stereocenters. The van der Waals surface area contributed by atoms with E-state index in [0.717, 1.165) is 38.0 Å². The summed E-state index contributed by atoms with van der Waals surface area (Å²) < 4.78 is 27.7. The average molecular weight is 367 g/mol. The highest BCUT2D eigenvalue weighted by molar-refractivity contribution is 6.32. The third-order valence-electron chi connectivity index (χ3n) is 4.14. The highest BCUT2D eigenvalue weighted by Crippen LogP contribution is 2.40. The summed E-state index contributed by atoms with van der Waals surface area (Å²) in [4.78, 5) is 4.39. The van der Waals surface area contributed by atoms with Crippen molar-refractivity contribution in [1.29, 1.82) is 0 Å². The summed E-state index contributed by atoms with van der Waals surface area (Å²) >= 11 is 6.31. The minimum absolute atomic E-state index is 0.177. The van der Waals surface area contributed by atoms with Gasteiger partial charge in [0.1, 0.15) is 6.61 Å². The van der Waals surface area contributed by atoms with Crippen molar-refractivity contribution in [3.63, 3.8) is 0 Å². The van der Waals surface area contributed by atoms with Gasteiger partial charge in [-0.1, -0.05) is 16.8 Å². The number of rotatable bonds is 4. The summed E-state index contributed by atoms with van der Waals surface area (Å²) in [6.45, 7) is 2.92. The Kier molecular flexibility index (Phi) is 5.05. The van der Waals surface area contributed by atoms with Crippen LogP contribution in [0.25, 0.3) is 11.4 Å². The van der Waals surface area contributed by atoms with Crippen LogP contribution in [0.15, 0.2) is 16.7 Å². The lowest BCUT2D eigenvalue weighted by molar-refractivity contribution is -0.0455. The zero-order valence-electron chi connectivity index (χ0n) is 13.7. The molecule has 1 saturated heterocycles. The van der Waals surface area contributed by atoms with E-state index in [-0.39, 0.29) is 12.7 Å². The van der Waals surface area contributed by atoms with E-state index in [1.165, 1.54) is 0 Å². The molecule has 0 spiro atoms. The second kappa shape index (κ2) is 7.59. The van der Waals surface area contributed by atoms with Crippen LogP contribution in [0.4, 0.5) is 0 Å². The highest BCUT2D eigenvalue weighted by Gasteiger charge is 2.20. The molecule has 1 aromatic heterocycles. The van der Waals surface area contributed by atoms with Crippen molar-refractivity contribution in [2.45, 2.75) is 32.0 Å². The van der Waals surface area contributed by atoms with Crippen molar-refractivity contribution in [2.75, 3.05) is 26.4 Å². The highest BCUT2D eigenvalue weighted by atomic mass is 35.5. The van der Waals surface area contributed by atoms with Gasteiger partial charge in [0.2, 0.25) is 5.82 Å². The van der Waals surface area contributed by atoms with Crippen LogP contribution < -0.4 is 9.47 Å². The van der Waals surface area contributed by atoms with E-state index in [0.29, 0.717) is 41.5 Å². The second-order valence-electron chi connectivity index (χ2n) is 5.97. The Morgan fingerprint density at radius 2 is 1.96 bits per heavy atom. The predicted molar refractivity (Wildman–Crippen MR) is 89.0 cm³/mol. The van der Waals surface area contributed by atoms with Gasteiger partial charge in [0, 0.05) is 25.2 Å². The van der Waals surface area contributed by atoms with Gasteiger partial charge in [-0.3, -0.25) is 0 Å². The molecule has 25 heavy (non-hydrogen) atoms. The summed E-state index contributed by atoms with van der Waals surface area (Å²) in [6, 6.07) is 3.57. The van der Waals surface area contributed by atoms with E-state index < -0.39 is 0 Å². The third kappa shape index (κ3) is 3.89. The van der Waals surface area contributed by atoms with E-state index in [2.05, 4.69) is 10.1 Å². The van der Waals surface area contributed by atoms with Gasteiger partial charge >= 0.3 is 0 Å². The van der Waals surface area contributed by atoms with Crippen LogP contribution in [0.3, 0.4) is 0 Å². The molecule has 7 nitrogen and oxygen atoms in total. The van der Waals surface area contributed by atoms with Crippen molar-refractivity contribution in [2.24, 2.45) is 0 Å². The fraction of sp³-hybridized carbons (Fsp3) is 0.529. The number of nitrogens with zero attached hydrogens (tertiary/aromatic N) is 2. The van der Waals surface area contributed by atoms with Gasteiger partial charge in [-0.15, -0.1) is 0 Å². The van der Waals surface area contributed by atoms with Gasteiger partial charge in [-0.05, 0) is 25.0 Å². The fourth-order valence-electron chi connectivity index (χ4n) is 2.82. The van der Waals surface area contributed by atoms with Gasteiger partial charge in [-0.25, -0.2) is 0 Å². The molecule has 0 radical (unpaired) electrons. The standard InChI is InChI=1S/C17H19ClN2O5/c18-13-8-11(9-14-16(13)23-5-1-4-22-14)17-19-15(25-20-17)10-24-12-2-6-21-7-3-12/h8-9,12H,1-7,10H2. The van der Waals surface area contributed by atoms with Crippen LogP contribution in [-0.2, 0) is 16.1 Å². The summed E-state index contributed by atoms with van der Waals surface area (Å²) in [7, 11) is 0. The van der Waals surface area contributed by atoms with E-state index in [9.17, 15) is 0 Å². The molecule has 0 bridgehead atoms. The Hall–Kier alpha value is -1.83. The maximum Gasteiger partial charge on any atom is 0.252 e. The summed E-state index contributed by atoms with van der Waals surface area (Å²) in [5, 5.41) is 4.49. The molecule has 0 atom stereocenters. The van der Waals surface area contributed by atoms with Crippen molar-refractivity contribution in [3.05, 3.63) is 23.0 Å². The van der Waals surface area contributed by atoms with Crippen molar-refractivity contribution >= 4 is 11.6 Å². The van der Waals surface area contributed by atoms with E-state index in [1.807, 2.05) is 6.07 Å². The molecule has 1 fully saturated rings. The number of aromatic nitrogens is 2. The van der Waals surface area contributed by atoms with Crippen molar-refractivity contribution in [3.8, 4) is 22.9 Å². The summed E-state index contributed by atoms with van der Waals surface area (Å²) in [5.41, 5.74) is 0.718.